The molecule has 0 amide bonds. The molecule has 0 radical (unpaired) electrons. The average Bonchev–Trinajstić information content (AvgIpc) is 2.87. The molecule has 0 fully saturated rings. The summed E-state index contributed by atoms with van der Waals surface area (Å²) >= 11 is 0. The molecule has 2 rings (SSSR count). The fourth-order valence-corrected chi connectivity index (χ4v) is 1.71. The van der Waals surface area contributed by atoms with Crippen molar-refractivity contribution in [3.63, 3.8) is 0 Å². The lowest BCUT2D eigenvalue weighted by Crippen LogP contribution is -2.30. The van der Waals surface area contributed by atoms with Crippen LogP contribution in [0.15, 0.2) is 28.8 Å². The van der Waals surface area contributed by atoms with Crippen LogP contribution in [0.4, 0.5) is 5.69 Å². The van der Waals surface area contributed by atoms with E-state index in [1.807, 2.05) is 50.1 Å². The Morgan fingerprint density at radius 2 is 1.95 bits per heavy atom. The zero-order valence-electron chi connectivity index (χ0n) is 12.3. The maximum Gasteiger partial charge on any atom is 0.246 e. The van der Waals surface area contributed by atoms with Gasteiger partial charge in [-0.3, -0.25) is 0 Å². The minimum atomic E-state index is -0.597. The number of methoxy groups -OCH3 is 1. The second-order valence-corrected chi connectivity index (χ2v) is 5.29. The number of ether oxygens (including phenoxy) is 1. The summed E-state index contributed by atoms with van der Waals surface area (Å²) in [4.78, 5) is 6.33. The van der Waals surface area contributed by atoms with Crippen molar-refractivity contribution in [3.8, 4) is 5.75 Å². The summed E-state index contributed by atoms with van der Waals surface area (Å²) in [5, 5.41) is 3.90. The Labute approximate surface area is 118 Å². The Morgan fingerprint density at radius 1 is 1.30 bits per heavy atom. The van der Waals surface area contributed by atoms with Gasteiger partial charge in [-0.2, -0.15) is 4.98 Å². The van der Waals surface area contributed by atoms with Gasteiger partial charge in [0.15, 0.2) is 5.82 Å². The molecule has 20 heavy (non-hydrogen) atoms. The van der Waals surface area contributed by atoms with Crippen LogP contribution < -0.4 is 15.4 Å². The highest BCUT2D eigenvalue weighted by atomic mass is 16.5. The molecule has 108 valence electrons. The van der Waals surface area contributed by atoms with Crippen LogP contribution in [0, 0.1) is 0 Å². The molecule has 0 bridgehead atoms. The Balaban J connectivity index is 2.07. The lowest BCUT2D eigenvalue weighted by atomic mass is 10.1. The first-order valence-electron chi connectivity index (χ1n) is 6.37. The minimum Gasteiger partial charge on any atom is -0.497 e. The highest BCUT2D eigenvalue weighted by molar-refractivity contribution is 5.48. The van der Waals surface area contributed by atoms with E-state index in [1.165, 1.54) is 0 Å². The maximum absolute atomic E-state index is 5.93. The van der Waals surface area contributed by atoms with Gasteiger partial charge in [-0.1, -0.05) is 5.16 Å². The lowest BCUT2D eigenvalue weighted by Gasteiger charge is -2.17. The number of rotatable bonds is 5. The molecule has 2 N–H and O–H groups in total. The van der Waals surface area contributed by atoms with Crippen LogP contribution in [0.3, 0.4) is 0 Å². The summed E-state index contributed by atoms with van der Waals surface area (Å²) in [6.07, 6.45) is 0. The second-order valence-electron chi connectivity index (χ2n) is 5.29. The van der Waals surface area contributed by atoms with E-state index in [4.69, 9.17) is 15.0 Å². The molecule has 6 nitrogen and oxygen atoms in total. The van der Waals surface area contributed by atoms with Crippen LogP contribution in [0.5, 0.6) is 5.75 Å². The number of nitrogens with zero attached hydrogens (tertiary/aromatic N) is 3. The van der Waals surface area contributed by atoms with Crippen LogP contribution in [-0.2, 0) is 12.1 Å². The summed E-state index contributed by atoms with van der Waals surface area (Å²) in [6.45, 7) is 4.21. The standard InChI is InChI=1S/C14H20N4O2/c1-14(2,15)13-16-12(20-17-13)9-18(3)10-5-7-11(19-4)8-6-10/h5-8H,9,15H2,1-4H3. The SMILES string of the molecule is COc1ccc(N(C)Cc2nc(C(C)(C)N)no2)cc1. The van der Waals surface area contributed by atoms with Crippen molar-refractivity contribution in [2.24, 2.45) is 5.73 Å². The zero-order chi connectivity index (χ0) is 14.8. The molecule has 0 aliphatic heterocycles. The first kappa shape index (κ1) is 14.3. The molecular formula is C14H20N4O2. The van der Waals surface area contributed by atoms with Crippen molar-refractivity contribution in [3.05, 3.63) is 36.0 Å². The molecule has 6 heteroatoms. The molecule has 0 spiro atoms. The first-order chi connectivity index (χ1) is 9.40. The highest BCUT2D eigenvalue weighted by Gasteiger charge is 2.21. The molecule has 0 unspecified atom stereocenters. The summed E-state index contributed by atoms with van der Waals surface area (Å²) < 4.78 is 10.4. The van der Waals surface area contributed by atoms with Crippen molar-refractivity contribution in [1.82, 2.24) is 10.1 Å². The number of anilines is 1. The highest BCUT2D eigenvalue weighted by Crippen LogP contribution is 2.20. The lowest BCUT2D eigenvalue weighted by molar-refractivity contribution is 0.360. The van der Waals surface area contributed by atoms with E-state index in [2.05, 4.69) is 10.1 Å². The molecule has 1 aromatic carbocycles. The van der Waals surface area contributed by atoms with Crippen molar-refractivity contribution in [2.75, 3.05) is 19.1 Å². The van der Waals surface area contributed by atoms with Crippen LogP contribution in [0.2, 0.25) is 0 Å². The summed E-state index contributed by atoms with van der Waals surface area (Å²) in [7, 11) is 3.60. The zero-order valence-corrected chi connectivity index (χ0v) is 12.3. The molecule has 0 aliphatic rings. The fraction of sp³-hybridized carbons (Fsp3) is 0.429. The van der Waals surface area contributed by atoms with Crippen LogP contribution in [0.1, 0.15) is 25.6 Å². The average molecular weight is 276 g/mol. The van der Waals surface area contributed by atoms with Gasteiger partial charge in [-0.25, -0.2) is 0 Å². The Kier molecular flexibility index (Phi) is 3.94. The van der Waals surface area contributed by atoms with E-state index >= 15 is 0 Å². The predicted molar refractivity (Wildman–Crippen MR) is 76.6 cm³/mol. The van der Waals surface area contributed by atoms with E-state index < -0.39 is 5.54 Å². The predicted octanol–water partition coefficient (Wildman–Crippen LogP) is 1.91. The smallest absolute Gasteiger partial charge is 0.246 e. The molecule has 2 aromatic rings. The summed E-state index contributed by atoms with van der Waals surface area (Å²) in [5.74, 6) is 1.87. The third-order valence-electron chi connectivity index (χ3n) is 2.93. The van der Waals surface area contributed by atoms with Crippen LogP contribution in [0.25, 0.3) is 0 Å². The minimum absolute atomic E-state index is 0.510. The van der Waals surface area contributed by atoms with Crippen LogP contribution >= 0.6 is 0 Å². The van der Waals surface area contributed by atoms with Gasteiger partial charge in [0, 0.05) is 12.7 Å². The van der Waals surface area contributed by atoms with Crippen LogP contribution in [-0.4, -0.2) is 24.3 Å². The quantitative estimate of drug-likeness (QED) is 0.898. The van der Waals surface area contributed by atoms with Crippen molar-refractivity contribution >= 4 is 5.69 Å². The Hall–Kier alpha value is -2.08. The third kappa shape index (κ3) is 3.27. The Morgan fingerprint density at radius 3 is 2.45 bits per heavy atom. The number of nitrogens with two attached hydrogens (primary N) is 1. The third-order valence-corrected chi connectivity index (χ3v) is 2.93. The van der Waals surface area contributed by atoms with Gasteiger partial charge in [0.05, 0.1) is 19.2 Å². The first-order valence-corrected chi connectivity index (χ1v) is 6.37. The molecule has 0 saturated carbocycles. The number of benzene rings is 1. The summed E-state index contributed by atoms with van der Waals surface area (Å²) in [6, 6.07) is 7.77. The Bertz CT molecular complexity index is 557. The van der Waals surface area contributed by atoms with Crippen molar-refractivity contribution < 1.29 is 9.26 Å². The number of aromatic nitrogens is 2. The molecule has 1 heterocycles. The van der Waals surface area contributed by atoms with Gasteiger partial charge in [-0.15, -0.1) is 0 Å². The van der Waals surface area contributed by atoms with Gasteiger partial charge in [0.25, 0.3) is 0 Å². The number of hydrogen-bond acceptors (Lipinski definition) is 6. The van der Waals surface area contributed by atoms with Crippen molar-refractivity contribution in [2.45, 2.75) is 25.9 Å². The topological polar surface area (TPSA) is 77.4 Å². The molecular weight excluding hydrogens is 256 g/mol. The van der Waals surface area contributed by atoms with E-state index in [0.29, 0.717) is 18.3 Å². The van der Waals surface area contributed by atoms with Gasteiger partial charge >= 0.3 is 0 Å². The van der Waals surface area contributed by atoms with E-state index in [0.717, 1.165) is 11.4 Å². The molecule has 0 aliphatic carbocycles. The van der Waals surface area contributed by atoms with Crippen molar-refractivity contribution in [1.29, 1.82) is 0 Å². The van der Waals surface area contributed by atoms with Gasteiger partial charge in [0.1, 0.15) is 5.75 Å². The van der Waals surface area contributed by atoms with Gasteiger partial charge in [0.2, 0.25) is 5.89 Å². The van der Waals surface area contributed by atoms with E-state index in [-0.39, 0.29) is 0 Å². The normalized spacial score (nSPS) is 11.4. The molecule has 0 atom stereocenters. The van der Waals surface area contributed by atoms with E-state index in [1.54, 1.807) is 7.11 Å². The van der Waals surface area contributed by atoms with E-state index in [9.17, 15) is 0 Å². The maximum atomic E-state index is 5.93. The second kappa shape index (κ2) is 5.50. The monoisotopic (exact) mass is 276 g/mol. The largest absolute Gasteiger partial charge is 0.497 e. The molecule has 0 saturated heterocycles. The molecule has 1 aromatic heterocycles. The number of hydrogen-bond donors (Lipinski definition) is 1. The van der Waals surface area contributed by atoms with Gasteiger partial charge in [-0.05, 0) is 38.1 Å². The fourth-order valence-electron chi connectivity index (χ4n) is 1.71. The van der Waals surface area contributed by atoms with Gasteiger partial charge < -0.3 is 19.9 Å². The summed E-state index contributed by atoms with van der Waals surface area (Å²) in [5.41, 5.74) is 6.37.